The standard InChI is InChI=1S/C34H43N3O2/c38-28-9-8-25-20-29-33-13-10-27(32-34(33,30(25)31(28)39-32)15-18-36(29)22-24-6-7-24)37(19-14-33)26-11-16-35(17-12-26)21-23-4-2-1-3-5-23/h1-5,8-9,24,26-27,29,32,38H,6-7,10-22H2/t27-,29+,32+,33-,34+/m1/s1. The minimum absolute atomic E-state index is 0.0883. The minimum atomic E-state index is 0.0883. The molecule has 8 aliphatic rings. The number of phenols is 1. The van der Waals surface area contributed by atoms with Gasteiger partial charge in [-0.05, 0) is 107 Å². The summed E-state index contributed by atoms with van der Waals surface area (Å²) in [6.45, 7) is 7.20. The van der Waals surface area contributed by atoms with E-state index in [-0.39, 0.29) is 16.9 Å². The zero-order valence-electron chi connectivity index (χ0n) is 23.2. The van der Waals surface area contributed by atoms with Crippen molar-refractivity contribution in [3.05, 3.63) is 59.2 Å². The van der Waals surface area contributed by atoms with Crippen LogP contribution in [0.5, 0.6) is 11.5 Å². The Labute approximate surface area is 233 Å². The average molecular weight is 526 g/mol. The van der Waals surface area contributed by atoms with Crippen LogP contribution in [0.15, 0.2) is 42.5 Å². The van der Waals surface area contributed by atoms with E-state index < -0.39 is 0 Å². The second-order valence-corrected chi connectivity index (χ2v) is 14.1. The van der Waals surface area contributed by atoms with E-state index in [4.69, 9.17) is 4.74 Å². The molecule has 5 heterocycles. The summed E-state index contributed by atoms with van der Waals surface area (Å²) in [5.74, 6) is 2.18. The second-order valence-electron chi connectivity index (χ2n) is 14.1. The van der Waals surface area contributed by atoms with Crippen LogP contribution in [-0.2, 0) is 18.4 Å². The van der Waals surface area contributed by atoms with Gasteiger partial charge in [0, 0.05) is 47.6 Å². The van der Waals surface area contributed by atoms with E-state index in [1.807, 2.05) is 6.07 Å². The topological polar surface area (TPSA) is 39.2 Å². The molecule has 10 rings (SSSR count). The predicted molar refractivity (Wildman–Crippen MR) is 152 cm³/mol. The summed E-state index contributed by atoms with van der Waals surface area (Å²) in [6, 6.07) is 16.9. The van der Waals surface area contributed by atoms with Crippen LogP contribution in [-0.4, -0.2) is 76.8 Å². The number of ether oxygens (including phenoxy) is 1. The largest absolute Gasteiger partial charge is 0.504 e. The molecular formula is C34H43N3O2. The van der Waals surface area contributed by atoms with Crippen molar-refractivity contribution >= 4 is 0 Å². The summed E-state index contributed by atoms with van der Waals surface area (Å²) in [7, 11) is 0. The second kappa shape index (κ2) is 8.47. The quantitative estimate of drug-likeness (QED) is 0.598. The summed E-state index contributed by atoms with van der Waals surface area (Å²) >= 11 is 0. The number of aromatic hydroxyl groups is 1. The van der Waals surface area contributed by atoms with Crippen molar-refractivity contribution in [2.45, 2.75) is 94.0 Å². The number of fused-ring (bicyclic) bond motifs is 3. The summed E-state index contributed by atoms with van der Waals surface area (Å²) in [6.07, 6.45) is 11.8. The lowest BCUT2D eigenvalue weighted by atomic mass is 9.42. The molecule has 3 aliphatic carbocycles. The first-order chi connectivity index (χ1) is 19.2. The van der Waals surface area contributed by atoms with Gasteiger partial charge >= 0.3 is 0 Å². The van der Waals surface area contributed by atoms with Crippen LogP contribution in [0.25, 0.3) is 0 Å². The van der Waals surface area contributed by atoms with E-state index in [0.717, 1.165) is 24.6 Å². The maximum Gasteiger partial charge on any atom is 0.165 e. The van der Waals surface area contributed by atoms with Crippen LogP contribution in [0.2, 0.25) is 0 Å². The molecule has 2 spiro atoms. The lowest BCUT2D eigenvalue weighted by molar-refractivity contribution is -0.132. The molecule has 1 N–H and O–H groups in total. The van der Waals surface area contributed by atoms with Gasteiger partial charge in [-0.15, -0.1) is 0 Å². The van der Waals surface area contributed by atoms with Crippen molar-refractivity contribution in [3.8, 4) is 11.5 Å². The Morgan fingerprint density at radius 2 is 1.72 bits per heavy atom. The molecule has 4 bridgehead atoms. The number of hydrogen-bond acceptors (Lipinski definition) is 5. The number of piperidine rings is 2. The third-order valence-electron chi connectivity index (χ3n) is 12.5. The molecule has 6 fully saturated rings. The highest BCUT2D eigenvalue weighted by Gasteiger charge is 2.74. The molecule has 39 heavy (non-hydrogen) atoms. The lowest BCUT2D eigenvalue weighted by Crippen LogP contribution is -2.73. The van der Waals surface area contributed by atoms with Crippen LogP contribution >= 0.6 is 0 Å². The molecule has 206 valence electrons. The van der Waals surface area contributed by atoms with E-state index in [1.165, 1.54) is 101 Å². The highest BCUT2D eigenvalue weighted by molar-refractivity contribution is 5.62. The summed E-state index contributed by atoms with van der Waals surface area (Å²) in [5, 5.41) is 11.1. The minimum Gasteiger partial charge on any atom is -0.504 e. The van der Waals surface area contributed by atoms with Gasteiger partial charge < -0.3 is 9.84 Å². The first-order valence-electron chi connectivity index (χ1n) is 15.9. The van der Waals surface area contributed by atoms with Gasteiger partial charge in [0.05, 0.1) is 0 Å². The fraction of sp³-hybridized carbons (Fsp3) is 0.647. The van der Waals surface area contributed by atoms with Gasteiger partial charge in [0.2, 0.25) is 0 Å². The Kier molecular flexibility index (Phi) is 5.13. The summed E-state index contributed by atoms with van der Waals surface area (Å²) in [5.41, 5.74) is 4.73. The first kappa shape index (κ1) is 23.6. The van der Waals surface area contributed by atoms with Gasteiger partial charge in [-0.2, -0.15) is 0 Å². The van der Waals surface area contributed by atoms with E-state index >= 15 is 0 Å². The number of nitrogens with zero attached hydrogens (tertiary/aromatic N) is 3. The number of likely N-dealkylation sites (tertiary alicyclic amines) is 2. The molecule has 5 heteroatoms. The van der Waals surface area contributed by atoms with Crippen LogP contribution in [0.1, 0.15) is 68.1 Å². The highest BCUT2D eigenvalue weighted by Crippen LogP contribution is 2.72. The molecule has 4 saturated heterocycles. The van der Waals surface area contributed by atoms with Crippen LogP contribution in [0, 0.1) is 11.3 Å². The van der Waals surface area contributed by atoms with E-state index in [0.29, 0.717) is 23.9 Å². The maximum atomic E-state index is 11.1. The zero-order chi connectivity index (χ0) is 25.8. The van der Waals surface area contributed by atoms with Crippen LogP contribution < -0.4 is 4.74 Å². The molecule has 5 nitrogen and oxygen atoms in total. The van der Waals surface area contributed by atoms with E-state index in [1.54, 1.807) is 0 Å². The van der Waals surface area contributed by atoms with Crippen LogP contribution in [0.3, 0.4) is 0 Å². The molecule has 0 radical (unpaired) electrons. The van der Waals surface area contributed by atoms with Crippen molar-refractivity contribution in [3.63, 3.8) is 0 Å². The highest BCUT2D eigenvalue weighted by atomic mass is 16.5. The number of benzene rings is 2. The molecule has 5 aliphatic heterocycles. The Balaban J connectivity index is 1.05. The molecule has 2 aromatic carbocycles. The van der Waals surface area contributed by atoms with E-state index in [2.05, 4.69) is 51.1 Å². The van der Waals surface area contributed by atoms with Gasteiger partial charge in [-0.3, -0.25) is 14.7 Å². The van der Waals surface area contributed by atoms with Gasteiger partial charge in [-0.25, -0.2) is 0 Å². The smallest absolute Gasteiger partial charge is 0.165 e. The zero-order valence-corrected chi connectivity index (χ0v) is 23.2. The summed E-state index contributed by atoms with van der Waals surface area (Å²) < 4.78 is 7.05. The monoisotopic (exact) mass is 525 g/mol. The molecule has 5 atom stereocenters. The van der Waals surface area contributed by atoms with Crippen LogP contribution in [0.4, 0.5) is 0 Å². The summed E-state index contributed by atoms with van der Waals surface area (Å²) in [4.78, 5) is 8.54. The Hall–Kier alpha value is -2.08. The van der Waals surface area contributed by atoms with Gasteiger partial charge in [0.1, 0.15) is 6.10 Å². The SMILES string of the molecule is Oc1ccc2c3c1O[C@H]1[C@H]4CC[C@@]5(CCN4C4CCN(Cc6ccccc6)CC4)[C@H](C2)N(CC2CC2)CC[C@]315. The van der Waals surface area contributed by atoms with E-state index in [9.17, 15) is 5.11 Å². The normalized spacial score (nSPS) is 37.9. The van der Waals surface area contributed by atoms with Crippen molar-refractivity contribution in [2.75, 3.05) is 32.7 Å². The van der Waals surface area contributed by atoms with Gasteiger partial charge in [0.25, 0.3) is 0 Å². The fourth-order valence-electron chi connectivity index (χ4n) is 10.7. The molecule has 0 aromatic heterocycles. The average Bonchev–Trinajstić information content (AvgIpc) is 3.75. The molecule has 0 unspecified atom stereocenters. The predicted octanol–water partition coefficient (Wildman–Crippen LogP) is 4.95. The Morgan fingerprint density at radius 1 is 0.872 bits per heavy atom. The third-order valence-corrected chi connectivity index (χ3v) is 12.5. The molecule has 0 amide bonds. The maximum absolute atomic E-state index is 11.1. The fourth-order valence-corrected chi connectivity index (χ4v) is 10.7. The van der Waals surface area contributed by atoms with Crippen molar-refractivity contribution in [1.29, 1.82) is 0 Å². The molecule has 2 aromatic rings. The lowest BCUT2D eigenvalue weighted by Gasteiger charge is -2.66. The molecular weight excluding hydrogens is 482 g/mol. The van der Waals surface area contributed by atoms with Gasteiger partial charge in [0.15, 0.2) is 11.5 Å². The van der Waals surface area contributed by atoms with Crippen molar-refractivity contribution in [1.82, 2.24) is 14.7 Å². The number of hydrogen-bond donors (Lipinski definition) is 1. The number of phenolic OH excluding ortho intramolecular Hbond substituents is 1. The Morgan fingerprint density at radius 3 is 2.54 bits per heavy atom. The molecule has 2 saturated carbocycles. The van der Waals surface area contributed by atoms with Crippen molar-refractivity contribution in [2.24, 2.45) is 11.3 Å². The first-order valence-corrected chi connectivity index (χ1v) is 15.9. The number of rotatable bonds is 5. The van der Waals surface area contributed by atoms with Gasteiger partial charge in [-0.1, -0.05) is 36.4 Å². The third kappa shape index (κ3) is 3.24. The van der Waals surface area contributed by atoms with Crippen molar-refractivity contribution < 1.29 is 9.84 Å². The Bertz CT molecular complexity index is 1270.